The van der Waals surface area contributed by atoms with Crippen LogP contribution in [-0.2, 0) is 0 Å². The first-order chi connectivity index (χ1) is 10.1. The monoisotopic (exact) mass is 314 g/mol. The minimum absolute atomic E-state index is 0.304. The average Bonchev–Trinajstić information content (AvgIpc) is 2.49. The summed E-state index contributed by atoms with van der Waals surface area (Å²) in [5.41, 5.74) is 7.16. The number of aromatic nitrogens is 1. The molecule has 0 atom stereocenters. The van der Waals surface area contributed by atoms with Crippen LogP contribution in [-0.4, -0.2) is 9.97 Å². The Balaban J connectivity index is 2.01. The highest BCUT2D eigenvalue weighted by Gasteiger charge is 2.08. The van der Waals surface area contributed by atoms with Gasteiger partial charge in [-0.1, -0.05) is 29.9 Å². The first kappa shape index (κ1) is 13.8. The summed E-state index contributed by atoms with van der Waals surface area (Å²) in [5.74, 6) is 1.25. The standard InChI is InChI=1S/C16H11ClN2OS/c17-12-9-10(16(18)21)6-7-15(12)20-14-5-1-4-13-11(14)3-2-8-19-13/h1-9H,(H2,18,21). The number of ether oxygens (including phenoxy) is 1. The van der Waals surface area contributed by atoms with Crippen molar-refractivity contribution in [1.82, 2.24) is 4.98 Å². The zero-order valence-electron chi connectivity index (χ0n) is 10.9. The molecule has 3 aromatic rings. The Morgan fingerprint density at radius 1 is 1.10 bits per heavy atom. The number of nitrogens with two attached hydrogens (primary N) is 1. The second kappa shape index (κ2) is 5.68. The van der Waals surface area contributed by atoms with Crippen LogP contribution in [0.4, 0.5) is 0 Å². The molecule has 0 radical (unpaired) electrons. The number of nitrogens with zero attached hydrogens (tertiary/aromatic N) is 1. The van der Waals surface area contributed by atoms with E-state index in [2.05, 4.69) is 4.98 Å². The second-order valence-corrected chi connectivity index (χ2v) is 5.28. The molecule has 3 rings (SSSR count). The van der Waals surface area contributed by atoms with Crippen molar-refractivity contribution in [2.24, 2.45) is 5.73 Å². The number of hydrogen-bond donors (Lipinski definition) is 1. The van der Waals surface area contributed by atoms with Crippen LogP contribution in [0.3, 0.4) is 0 Å². The van der Waals surface area contributed by atoms with Crippen LogP contribution in [0.1, 0.15) is 5.56 Å². The van der Waals surface area contributed by atoms with Crippen molar-refractivity contribution >= 4 is 39.7 Å². The van der Waals surface area contributed by atoms with Crippen LogP contribution in [0, 0.1) is 0 Å². The molecule has 0 aliphatic rings. The van der Waals surface area contributed by atoms with Crippen LogP contribution in [0.25, 0.3) is 10.9 Å². The van der Waals surface area contributed by atoms with Gasteiger partial charge in [0.15, 0.2) is 0 Å². The maximum Gasteiger partial charge on any atom is 0.146 e. The Hall–Kier alpha value is -2.17. The molecule has 0 aliphatic heterocycles. The van der Waals surface area contributed by atoms with E-state index in [0.717, 1.165) is 10.9 Å². The predicted octanol–water partition coefficient (Wildman–Crippen LogP) is 4.31. The molecule has 0 amide bonds. The summed E-state index contributed by atoms with van der Waals surface area (Å²) in [6.45, 7) is 0. The van der Waals surface area contributed by atoms with Gasteiger partial charge in [0.1, 0.15) is 16.5 Å². The molecule has 0 fully saturated rings. The van der Waals surface area contributed by atoms with E-state index in [1.807, 2.05) is 30.3 Å². The van der Waals surface area contributed by atoms with Gasteiger partial charge in [-0.05, 0) is 42.5 Å². The molecule has 3 nitrogen and oxygen atoms in total. The van der Waals surface area contributed by atoms with Gasteiger partial charge in [-0.25, -0.2) is 0 Å². The summed E-state index contributed by atoms with van der Waals surface area (Å²) in [5, 5.41) is 1.38. The summed E-state index contributed by atoms with van der Waals surface area (Å²) < 4.78 is 5.90. The molecule has 5 heteroatoms. The predicted molar refractivity (Wildman–Crippen MR) is 89.2 cm³/mol. The number of rotatable bonds is 3. The second-order valence-electron chi connectivity index (χ2n) is 4.44. The molecule has 104 valence electrons. The molecule has 2 N–H and O–H groups in total. The molecular weight excluding hydrogens is 304 g/mol. The van der Waals surface area contributed by atoms with Gasteiger partial charge < -0.3 is 10.5 Å². The molecule has 0 saturated heterocycles. The first-order valence-corrected chi connectivity index (χ1v) is 7.05. The molecule has 0 unspecified atom stereocenters. The van der Waals surface area contributed by atoms with Crippen LogP contribution in [0.2, 0.25) is 5.02 Å². The van der Waals surface area contributed by atoms with Crippen molar-refractivity contribution in [2.45, 2.75) is 0 Å². The fourth-order valence-corrected chi connectivity index (χ4v) is 2.37. The number of halogens is 1. The van der Waals surface area contributed by atoms with Crippen LogP contribution in [0.5, 0.6) is 11.5 Å². The third-order valence-corrected chi connectivity index (χ3v) is 3.57. The highest BCUT2D eigenvalue weighted by atomic mass is 35.5. The van der Waals surface area contributed by atoms with E-state index in [4.69, 9.17) is 34.3 Å². The maximum absolute atomic E-state index is 6.22. The summed E-state index contributed by atoms with van der Waals surface area (Å²) in [6, 6.07) is 14.8. The van der Waals surface area contributed by atoms with Gasteiger partial charge >= 0.3 is 0 Å². The highest BCUT2D eigenvalue weighted by Crippen LogP contribution is 2.33. The quantitative estimate of drug-likeness (QED) is 0.732. The smallest absolute Gasteiger partial charge is 0.146 e. The third kappa shape index (κ3) is 2.82. The van der Waals surface area contributed by atoms with Crippen molar-refractivity contribution in [1.29, 1.82) is 0 Å². The number of thiocarbonyl (C=S) groups is 1. The molecule has 0 bridgehead atoms. The lowest BCUT2D eigenvalue weighted by Crippen LogP contribution is -2.08. The number of benzene rings is 2. The fourth-order valence-electron chi connectivity index (χ4n) is 2.02. The zero-order chi connectivity index (χ0) is 14.8. The number of pyridine rings is 1. The molecular formula is C16H11ClN2OS. The van der Waals surface area contributed by atoms with Crippen molar-refractivity contribution in [2.75, 3.05) is 0 Å². The van der Waals surface area contributed by atoms with E-state index in [1.54, 1.807) is 24.4 Å². The SMILES string of the molecule is NC(=S)c1ccc(Oc2cccc3ncccc23)c(Cl)c1. The molecule has 1 heterocycles. The topological polar surface area (TPSA) is 48.1 Å². The van der Waals surface area contributed by atoms with E-state index < -0.39 is 0 Å². The van der Waals surface area contributed by atoms with Crippen molar-refractivity contribution in [3.8, 4) is 11.5 Å². The van der Waals surface area contributed by atoms with Gasteiger partial charge in [0, 0.05) is 17.1 Å². The minimum atomic E-state index is 0.304. The van der Waals surface area contributed by atoms with Gasteiger partial charge in [0.25, 0.3) is 0 Å². The average molecular weight is 315 g/mol. The van der Waals surface area contributed by atoms with E-state index in [0.29, 0.717) is 27.1 Å². The van der Waals surface area contributed by atoms with Gasteiger partial charge in [0.2, 0.25) is 0 Å². The molecule has 1 aromatic heterocycles. The fraction of sp³-hybridized carbons (Fsp3) is 0. The first-order valence-electron chi connectivity index (χ1n) is 6.26. The molecule has 0 saturated carbocycles. The third-order valence-electron chi connectivity index (χ3n) is 3.04. The number of fused-ring (bicyclic) bond motifs is 1. The molecule has 2 aromatic carbocycles. The van der Waals surface area contributed by atoms with Crippen LogP contribution >= 0.6 is 23.8 Å². The van der Waals surface area contributed by atoms with Crippen LogP contribution < -0.4 is 10.5 Å². The molecule has 21 heavy (non-hydrogen) atoms. The van der Waals surface area contributed by atoms with E-state index in [-0.39, 0.29) is 0 Å². The normalized spacial score (nSPS) is 10.5. The van der Waals surface area contributed by atoms with Crippen LogP contribution in [0.15, 0.2) is 54.7 Å². The Kier molecular flexibility index (Phi) is 3.73. The lowest BCUT2D eigenvalue weighted by Gasteiger charge is -2.10. The lowest BCUT2D eigenvalue weighted by atomic mass is 10.2. The van der Waals surface area contributed by atoms with E-state index >= 15 is 0 Å². The highest BCUT2D eigenvalue weighted by molar-refractivity contribution is 7.80. The zero-order valence-corrected chi connectivity index (χ0v) is 12.5. The largest absolute Gasteiger partial charge is 0.455 e. The van der Waals surface area contributed by atoms with Gasteiger partial charge in [-0.2, -0.15) is 0 Å². The summed E-state index contributed by atoms with van der Waals surface area (Å²) >= 11 is 11.1. The number of hydrogen-bond acceptors (Lipinski definition) is 3. The maximum atomic E-state index is 6.22. The lowest BCUT2D eigenvalue weighted by molar-refractivity contribution is 0.488. The summed E-state index contributed by atoms with van der Waals surface area (Å²) in [4.78, 5) is 4.60. The van der Waals surface area contributed by atoms with E-state index in [1.165, 1.54) is 0 Å². The van der Waals surface area contributed by atoms with E-state index in [9.17, 15) is 0 Å². The summed E-state index contributed by atoms with van der Waals surface area (Å²) in [7, 11) is 0. The van der Waals surface area contributed by atoms with Crippen molar-refractivity contribution in [3.05, 3.63) is 65.3 Å². The Morgan fingerprint density at radius 2 is 1.95 bits per heavy atom. The van der Waals surface area contributed by atoms with Crippen molar-refractivity contribution < 1.29 is 4.74 Å². The Bertz CT molecular complexity index is 830. The van der Waals surface area contributed by atoms with Gasteiger partial charge in [0.05, 0.1) is 10.5 Å². The minimum Gasteiger partial charge on any atom is -0.455 e. The van der Waals surface area contributed by atoms with Gasteiger partial charge in [-0.15, -0.1) is 0 Å². The summed E-state index contributed by atoms with van der Waals surface area (Å²) in [6.07, 6.45) is 1.75. The van der Waals surface area contributed by atoms with Gasteiger partial charge in [-0.3, -0.25) is 4.98 Å². The molecule has 0 spiro atoms. The molecule has 0 aliphatic carbocycles. The Labute approximate surface area is 132 Å². The van der Waals surface area contributed by atoms with Crippen molar-refractivity contribution in [3.63, 3.8) is 0 Å². The Morgan fingerprint density at radius 3 is 2.71 bits per heavy atom.